The second-order valence-corrected chi connectivity index (χ2v) is 7.15. The van der Waals surface area contributed by atoms with Gasteiger partial charge in [-0.15, -0.1) is 0 Å². The second kappa shape index (κ2) is 6.79. The zero-order valence-electron chi connectivity index (χ0n) is 13.1. The Kier molecular flexibility index (Phi) is 4.99. The number of carbonyl (C=O) groups excluding carboxylic acids is 1. The molecule has 0 radical (unpaired) electrons. The molecule has 0 unspecified atom stereocenters. The fraction of sp³-hybridized carbons (Fsp3) is 0.188. The molecule has 0 aliphatic carbocycles. The zero-order valence-corrected chi connectivity index (χ0v) is 14.0. The summed E-state index contributed by atoms with van der Waals surface area (Å²) in [5.74, 6) is -1.14. The Labute approximate surface area is 139 Å². The van der Waals surface area contributed by atoms with E-state index in [2.05, 4.69) is 0 Å². The smallest absolute Gasteiger partial charge is 0.268 e. The van der Waals surface area contributed by atoms with Crippen LogP contribution in [0.3, 0.4) is 0 Å². The van der Waals surface area contributed by atoms with Crippen molar-refractivity contribution in [3.63, 3.8) is 0 Å². The minimum Gasteiger partial charge on any atom is -0.268 e. The van der Waals surface area contributed by atoms with Gasteiger partial charge in [-0.25, -0.2) is 13.1 Å². The number of nitrogens with zero attached hydrogens (tertiary/aromatic N) is 1. The molecule has 24 heavy (non-hydrogen) atoms. The van der Waals surface area contributed by atoms with Crippen molar-refractivity contribution in [1.29, 1.82) is 0 Å². The summed E-state index contributed by atoms with van der Waals surface area (Å²) in [5, 5.41) is 10.6. The molecule has 2 rings (SSSR count). The molecule has 126 valence electrons. The Morgan fingerprint density at radius 1 is 1.12 bits per heavy atom. The van der Waals surface area contributed by atoms with E-state index in [1.54, 1.807) is 25.1 Å². The molecule has 0 bridgehead atoms. The van der Waals surface area contributed by atoms with Crippen molar-refractivity contribution < 1.29 is 18.1 Å². The molecule has 2 aromatic carbocycles. The maximum Gasteiger partial charge on any atom is 0.269 e. The van der Waals surface area contributed by atoms with Crippen LogP contribution in [-0.4, -0.2) is 19.2 Å². The van der Waals surface area contributed by atoms with Gasteiger partial charge >= 0.3 is 0 Å². The van der Waals surface area contributed by atoms with E-state index in [0.717, 1.165) is 5.56 Å². The number of sulfonamides is 1. The molecule has 0 heterocycles. The topological polar surface area (TPSA) is 106 Å². The first-order chi connectivity index (χ1) is 11.2. The summed E-state index contributed by atoms with van der Waals surface area (Å²) in [5.41, 5.74) is 2.15. The van der Waals surface area contributed by atoms with Crippen LogP contribution in [0.5, 0.6) is 0 Å². The third-order valence-corrected chi connectivity index (χ3v) is 4.59. The minimum atomic E-state index is -3.91. The predicted octanol–water partition coefficient (Wildman–Crippen LogP) is 2.47. The van der Waals surface area contributed by atoms with Crippen LogP contribution in [0.25, 0.3) is 0 Å². The van der Waals surface area contributed by atoms with E-state index in [9.17, 15) is 23.3 Å². The number of hydrogen-bond donors (Lipinski definition) is 1. The number of nitrogens with one attached hydrogen (secondary N) is 1. The van der Waals surface area contributed by atoms with Crippen LogP contribution in [0.4, 0.5) is 5.69 Å². The van der Waals surface area contributed by atoms with Crippen molar-refractivity contribution in [2.45, 2.75) is 19.6 Å². The normalized spacial score (nSPS) is 11.1. The lowest BCUT2D eigenvalue weighted by molar-refractivity contribution is -0.384. The first kappa shape index (κ1) is 17.6. The van der Waals surface area contributed by atoms with Crippen molar-refractivity contribution in [1.82, 2.24) is 4.72 Å². The van der Waals surface area contributed by atoms with Gasteiger partial charge in [0.25, 0.3) is 11.6 Å². The summed E-state index contributed by atoms with van der Waals surface area (Å²) in [7, 11) is -3.91. The largest absolute Gasteiger partial charge is 0.269 e. The highest BCUT2D eigenvalue weighted by Crippen LogP contribution is 2.15. The Morgan fingerprint density at radius 2 is 1.75 bits per heavy atom. The number of non-ortho nitro benzene ring substituents is 1. The van der Waals surface area contributed by atoms with Crippen molar-refractivity contribution in [3.05, 3.63) is 74.8 Å². The Hall–Kier alpha value is -2.74. The van der Waals surface area contributed by atoms with E-state index in [-0.39, 0.29) is 11.3 Å². The first-order valence-electron chi connectivity index (χ1n) is 7.03. The van der Waals surface area contributed by atoms with Gasteiger partial charge in [0.1, 0.15) is 0 Å². The van der Waals surface area contributed by atoms with E-state index in [4.69, 9.17) is 0 Å². The number of aryl methyl sites for hydroxylation is 2. The van der Waals surface area contributed by atoms with E-state index in [0.29, 0.717) is 11.1 Å². The van der Waals surface area contributed by atoms with Crippen LogP contribution >= 0.6 is 0 Å². The van der Waals surface area contributed by atoms with Gasteiger partial charge in [0.15, 0.2) is 0 Å². The van der Waals surface area contributed by atoms with Gasteiger partial charge in [-0.3, -0.25) is 14.9 Å². The lowest BCUT2D eigenvalue weighted by Crippen LogP contribution is -2.32. The number of rotatable bonds is 5. The average molecular weight is 348 g/mol. The van der Waals surface area contributed by atoms with E-state index >= 15 is 0 Å². The number of benzene rings is 2. The molecule has 0 aliphatic heterocycles. The van der Waals surface area contributed by atoms with Crippen molar-refractivity contribution >= 4 is 21.6 Å². The molecule has 1 amide bonds. The SMILES string of the molecule is Cc1ccc(C(=O)NS(=O)(=O)Cc2ccc([N+](=O)[O-])cc2)c(C)c1. The van der Waals surface area contributed by atoms with Gasteiger partial charge in [0, 0.05) is 17.7 Å². The third-order valence-electron chi connectivity index (χ3n) is 3.38. The summed E-state index contributed by atoms with van der Waals surface area (Å²) >= 11 is 0. The Morgan fingerprint density at radius 3 is 2.29 bits per heavy atom. The fourth-order valence-corrected chi connectivity index (χ4v) is 3.33. The molecule has 0 saturated carbocycles. The van der Waals surface area contributed by atoms with Crippen LogP contribution in [0.1, 0.15) is 27.0 Å². The van der Waals surface area contributed by atoms with Crippen LogP contribution in [0.15, 0.2) is 42.5 Å². The lowest BCUT2D eigenvalue weighted by Gasteiger charge is -2.09. The van der Waals surface area contributed by atoms with Gasteiger partial charge in [-0.05, 0) is 31.0 Å². The molecule has 2 aromatic rings. The zero-order chi connectivity index (χ0) is 17.9. The number of nitro groups is 1. The van der Waals surface area contributed by atoms with Crippen LogP contribution < -0.4 is 4.72 Å². The minimum absolute atomic E-state index is 0.129. The third kappa shape index (κ3) is 4.39. The van der Waals surface area contributed by atoms with Gasteiger partial charge in [0.05, 0.1) is 10.7 Å². The number of amides is 1. The molecular formula is C16H16N2O5S. The van der Waals surface area contributed by atoms with Gasteiger partial charge in [0.2, 0.25) is 10.0 Å². The summed E-state index contributed by atoms with van der Waals surface area (Å²) in [6, 6.07) is 10.2. The molecule has 0 aliphatic rings. The van der Waals surface area contributed by atoms with Crippen LogP contribution in [0.2, 0.25) is 0 Å². The lowest BCUT2D eigenvalue weighted by atomic mass is 10.1. The fourth-order valence-electron chi connectivity index (χ4n) is 2.23. The first-order valence-corrected chi connectivity index (χ1v) is 8.68. The van der Waals surface area contributed by atoms with E-state index in [1.165, 1.54) is 24.3 Å². The van der Waals surface area contributed by atoms with Crippen molar-refractivity contribution in [3.8, 4) is 0 Å². The molecule has 8 heteroatoms. The molecule has 7 nitrogen and oxygen atoms in total. The number of hydrogen-bond acceptors (Lipinski definition) is 5. The maximum absolute atomic E-state index is 12.1. The summed E-state index contributed by atoms with van der Waals surface area (Å²) in [6.45, 7) is 3.60. The monoisotopic (exact) mass is 348 g/mol. The van der Waals surface area contributed by atoms with E-state index in [1.807, 2.05) is 11.6 Å². The Balaban J connectivity index is 2.13. The molecule has 0 atom stereocenters. The predicted molar refractivity (Wildman–Crippen MR) is 89.1 cm³/mol. The molecular weight excluding hydrogens is 332 g/mol. The highest BCUT2D eigenvalue weighted by Gasteiger charge is 2.18. The molecule has 0 spiro atoms. The summed E-state index contributed by atoms with van der Waals surface area (Å²) < 4.78 is 26.2. The van der Waals surface area contributed by atoms with Crippen molar-refractivity contribution in [2.75, 3.05) is 0 Å². The molecule has 0 fully saturated rings. The standard InChI is InChI=1S/C16H16N2O5S/c1-11-3-8-15(12(2)9-11)16(19)17-24(22,23)10-13-4-6-14(7-5-13)18(20)21/h3-9H,10H2,1-2H3,(H,17,19). The van der Waals surface area contributed by atoms with Gasteiger partial charge in [-0.1, -0.05) is 29.8 Å². The van der Waals surface area contributed by atoms with Crippen LogP contribution in [0, 0.1) is 24.0 Å². The second-order valence-electron chi connectivity index (χ2n) is 5.43. The quantitative estimate of drug-likeness (QED) is 0.660. The molecule has 0 saturated heterocycles. The van der Waals surface area contributed by atoms with E-state index < -0.39 is 26.6 Å². The van der Waals surface area contributed by atoms with Gasteiger partial charge in [-0.2, -0.15) is 0 Å². The highest BCUT2D eigenvalue weighted by atomic mass is 32.2. The van der Waals surface area contributed by atoms with Crippen molar-refractivity contribution in [2.24, 2.45) is 0 Å². The highest BCUT2D eigenvalue weighted by molar-refractivity contribution is 7.89. The Bertz CT molecular complexity index is 889. The number of carbonyl (C=O) groups is 1. The molecule has 0 aromatic heterocycles. The summed E-state index contributed by atoms with van der Waals surface area (Å²) in [6.07, 6.45) is 0. The summed E-state index contributed by atoms with van der Waals surface area (Å²) in [4.78, 5) is 22.2. The van der Waals surface area contributed by atoms with Crippen LogP contribution in [-0.2, 0) is 15.8 Å². The number of nitro benzene ring substituents is 1. The maximum atomic E-state index is 12.1. The van der Waals surface area contributed by atoms with Gasteiger partial charge < -0.3 is 0 Å². The average Bonchev–Trinajstić information content (AvgIpc) is 2.46. The molecule has 1 N–H and O–H groups in total.